The fourth-order valence-corrected chi connectivity index (χ4v) is 4.55. The molecule has 2 unspecified atom stereocenters. The van der Waals surface area contributed by atoms with Crippen LogP contribution in [0.5, 0.6) is 0 Å². The third-order valence-electron chi connectivity index (χ3n) is 4.07. The lowest BCUT2D eigenvalue weighted by Crippen LogP contribution is -2.68. The van der Waals surface area contributed by atoms with E-state index in [1.165, 1.54) is 6.07 Å². The maximum Gasteiger partial charge on any atom is 0.234 e. The predicted octanol–water partition coefficient (Wildman–Crippen LogP) is 0.760. The van der Waals surface area contributed by atoms with Gasteiger partial charge in [0.1, 0.15) is 11.2 Å². The Morgan fingerprint density at radius 2 is 2.17 bits per heavy atom. The normalized spacial score (nSPS) is 21.3. The summed E-state index contributed by atoms with van der Waals surface area (Å²) < 4.78 is 37.7. The molecule has 1 fully saturated rings. The number of nitrogens with one attached hydrogen (secondary N) is 2. The highest BCUT2D eigenvalue weighted by Gasteiger charge is 2.44. The van der Waals surface area contributed by atoms with E-state index in [1.54, 1.807) is 31.0 Å². The number of amides is 1. The Bertz CT molecular complexity index is 714. The summed E-state index contributed by atoms with van der Waals surface area (Å²) in [6, 6.07) is 4.30. The summed E-state index contributed by atoms with van der Waals surface area (Å²) in [4.78, 5) is 13.6. The quantitative estimate of drug-likeness (QED) is 0.733. The number of halogens is 2. The molecule has 1 heterocycles. The molecule has 1 amide bonds. The number of likely N-dealkylation sites (N-methyl/N-ethyl adjacent to an activating group) is 1. The standard InChI is InChI=1S/C15H21ClFN3O3S/c1-3-24(22,23)15-12(9-20(15)2)18-8-13(21)19-7-10-5-4-6-11(16)14(10)17/h4-6,12,15,18H,3,7-9H2,1-2H3,(H,19,21). The molecule has 0 radical (unpaired) electrons. The Morgan fingerprint density at radius 1 is 1.46 bits per heavy atom. The first-order valence-corrected chi connectivity index (χ1v) is 9.70. The van der Waals surface area contributed by atoms with Gasteiger partial charge in [0.2, 0.25) is 5.91 Å². The number of rotatable bonds is 7. The lowest BCUT2D eigenvalue weighted by molar-refractivity contribution is -0.120. The van der Waals surface area contributed by atoms with Crippen molar-refractivity contribution in [2.24, 2.45) is 0 Å². The Kier molecular flexibility index (Phi) is 6.19. The molecule has 0 bridgehead atoms. The number of carbonyl (C=O) groups is 1. The zero-order valence-electron chi connectivity index (χ0n) is 13.6. The first-order chi connectivity index (χ1) is 11.3. The number of hydrogen-bond acceptors (Lipinski definition) is 5. The van der Waals surface area contributed by atoms with Gasteiger partial charge in [-0.2, -0.15) is 0 Å². The van der Waals surface area contributed by atoms with E-state index in [2.05, 4.69) is 10.6 Å². The maximum atomic E-state index is 13.7. The van der Waals surface area contributed by atoms with Crippen molar-refractivity contribution in [2.75, 3.05) is 25.9 Å². The number of likely N-dealkylation sites (tertiary alicyclic amines) is 1. The van der Waals surface area contributed by atoms with Gasteiger partial charge >= 0.3 is 0 Å². The van der Waals surface area contributed by atoms with E-state index >= 15 is 0 Å². The van der Waals surface area contributed by atoms with Gasteiger partial charge in [-0.25, -0.2) is 12.8 Å². The van der Waals surface area contributed by atoms with Crippen molar-refractivity contribution in [1.82, 2.24) is 15.5 Å². The largest absolute Gasteiger partial charge is 0.351 e. The summed E-state index contributed by atoms with van der Waals surface area (Å²) in [5, 5.41) is 4.93. The molecule has 0 aliphatic carbocycles. The molecule has 24 heavy (non-hydrogen) atoms. The van der Waals surface area contributed by atoms with Crippen LogP contribution in [-0.2, 0) is 21.2 Å². The summed E-state index contributed by atoms with van der Waals surface area (Å²) in [5.41, 5.74) is 0.297. The van der Waals surface area contributed by atoms with Crippen LogP contribution in [0.3, 0.4) is 0 Å². The molecule has 1 saturated heterocycles. The van der Waals surface area contributed by atoms with Gasteiger partial charge in [0.15, 0.2) is 9.84 Å². The van der Waals surface area contributed by atoms with Crippen LogP contribution >= 0.6 is 11.6 Å². The van der Waals surface area contributed by atoms with E-state index in [9.17, 15) is 17.6 Å². The van der Waals surface area contributed by atoms with Crippen molar-refractivity contribution in [3.05, 3.63) is 34.6 Å². The number of sulfone groups is 1. The molecule has 1 aromatic rings. The van der Waals surface area contributed by atoms with Gasteiger partial charge in [-0.3, -0.25) is 9.69 Å². The molecular formula is C15H21ClFN3O3S. The van der Waals surface area contributed by atoms with E-state index in [0.29, 0.717) is 12.1 Å². The monoisotopic (exact) mass is 377 g/mol. The van der Waals surface area contributed by atoms with E-state index in [4.69, 9.17) is 11.6 Å². The number of benzene rings is 1. The van der Waals surface area contributed by atoms with E-state index in [-0.39, 0.29) is 35.8 Å². The highest BCUT2D eigenvalue weighted by atomic mass is 35.5. The van der Waals surface area contributed by atoms with Crippen LogP contribution in [0.25, 0.3) is 0 Å². The summed E-state index contributed by atoms with van der Waals surface area (Å²) in [5.74, 6) is -0.834. The van der Waals surface area contributed by atoms with Gasteiger partial charge in [-0.1, -0.05) is 30.7 Å². The third-order valence-corrected chi connectivity index (χ3v) is 6.59. The van der Waals surface area contributed by atoms with Crippen LogP contribution < -0.4 is 10.6 Å². The van der Waals surface area contributed by atoms with Gasteiger partial charge in [0.25, 0.3) is 0 Å². The minimum absolute atomic E-state index is 0.00462. The topological polar surface area (TPSA) is 78.5 Å². The fourth-order valence-electron chi connectivity index (χ4n) is 2.70. The van der Waals surface area contributed by atoms with Crippen molar-refractivity contribution in [3.8, 4) is 0 Å². The molecule has 2 N–H and O–H groups in total. The Labute approximate surface area is 146 Å². The molecule has 134 valence electrons. The summed E-state index contributed by atoms with van der Waals surface area (Å²) >= 11 is 5.68. The van der Waals surface area contributed by atoms with E-state index in [1.807, 2.05) is 0 Å². The average molecular weight is 378 g/mol. The second-order valence-electron chi connectivity index (χ2n) is 5.76. The average Bonchev–Trinajstić information content (AvgIpc) is 2.52. The van der Waals surface area contributed by atoms with Crippen molar-refractivity contribution in [1.29, 1.82) is 0 Å². The summed E-state index contributed by atoms with van der Waals surface area (Å²) in [7, 11) is -1.47. The minimum Gasteiger partial charge on any atom is -0.351 e. The molecule has 6 nitrogen and oxygen atoms in total. The smallest absolute Gasteiger partial charge is 0.234 e. The first kappa shape index (κ1) is 19.1. The van der Waals surface area contributed by atoms with Crippen LogP contribution in [0, 0.1) is 5.82 Å². The Hall–Kier alpha value is -1.22. The molecule has 1 aliphatic heterocycles. The molecule has 0 spiro atoms. The lowest BCUT2D eigenvalue weighted by atomic mass is 10.1. The number of carbonyl (C=O) groups excluding carboxylic acids is 1. The zero-order valence-corrected chi connectivity index (χ0v) is 15.1. The minimum atomic E-state index is -3.21. The van der Waals surface area contributed by atoms with Crippen LogP contribution in [0.1, 0.15) is 12.5 Å². The third kappa shape index (κ3) is 4.24. The Morgan fingerprint density at radius 3 is 2.79 bits per heavy atom. The fraction of sp³-hybridized carbons (Fsp3) is 0.533. The van der Waals surface area contributed by atoms with Crippen LogP contribution in [-0.4, -0.2) is 56.5 Å². The van der Waals surface area contributed by atoms with Gasteiger partial charge in [0, 0.05) is 24.4 Å². The molecule has 1 aliphatic rings. The van der Waals surface area contributed by atoms with Crippen molar-refractivity contribution in [2.45, 2.75) is 24.9 Å². The van der Waals surface area contributed by atoms with Crippen LogP contribution in [0.4, 0.5) is 4.39 Å². The first-order valence-electron chi connectivity index (χ1n) is 7.61. The van der Waals surface area contributed by atoms with Gasteiger partial charge in [-0.05, 0) is 13.1 Å². The SMILES string of the molecule is CCS(=O)(=O)C1C(NCC(=O)NCc2cccc(Cl)c2F)CN1C. The molecule has 9 heteroatoms. The molecule has 1 aromatic carbocycles. The Balaban J connectivity index is 1.83. The molecule has 2 rings (SSSR count). The van der Waals surface area contributed by atoms with Gasteiger partial charge in [-0.15, -0.1) is 0 Å². The summed E-state index contributed by atoms with van der Waals surface area (Å²) in [6.45, 7) is 2.15. The second-order valence-corrected chi connectivity index (χ2v) is 8.55. The number of nitrogens with zero attached hydrogens (tertiary/aromatic N) is 1. The van der Waals surface area contributed by atoms with Crippen LogP contribution in [0.15, 0.2) is 18.2 Å². The summed E-state index contributed by atoms with van der Waals surface area (Å²) in [6.07, 6.45) is 0. The predicted molar refractivity (Wildman–Crippen MR) is 90.9 cm³/mol. The second kappa shape index (κ2) is 7.77. The zero-order chi connectivity index (χ0) is 17.9. The van der Waals surface area contributed by atoms with Gasteiger partial charge < -0.3 is 10.6 Å². The van der Waals surface area contributed by atoms with Gasteiger partial charge in [0.05, 0.1) is 17.6 Å². The number of hydrogen-bond donors (Lipinski definition) is 2. The van der Waals surface area contributed by atoms with Crippen molar-refractivity contribution < 1.29 is 17.6 Å². The lowest BCUT2D eigenvalue weighted by Gasteiger charge is -2.45. The molecule has 0 saturated carbocycles. The van der Waals surface area contributed by atoms with Crippen molar-refractivity contribution in [3.63, 3.8) is 0 Å². The highest BCUT2D eigenvalue weighted by Crippen LogP contribution is 2.22. The van der Waals surface area contributed by atoms with Crippen LogP contribution in [0.2, 0.25) is 5.02 Å². The molecular weight excluding hydrogens is 357 g/mol. The molecule has 0 aromatic heterocycles. The van der Waals surface area contributed by atoms with E-state index in [0.717, 1.165) is 0 Å². The maximum absolute atomic E-state index is 13.7. The van der Waals surface area contributed by atoms with Crippen molar-refractivity contribution >= 4 is 27.3 Å². The van der Waals surface area contributed by atoms with E-state index < -0.39 is 21.0 Å². The molecule has 2 atom stereocenters. The highest BCUT2D eigenvalue weighted by molar-refractivity contribution is 7.92.